The Morgan fingerprint density at radius 1 is 1.25 bits per heavy atom. The molecule has 0 aromatic heterocycles. The maximum Gasteiger partial charge on any atom is 0.240 e. The third kappa shape index (κ3) is 5.40. The van der Waals surface area contributed by atoms with Gasteiger partial charge in [0.15, 0.2) is 0 Å². The number of hydrogen-bond acceptors (Lipinski definition) is 3. The SMILES string of the molecule is CCCCN(CC(N)=O)C(=O)[C@@H](N)Cc1ccccc1. The molecule has 1 aromatic carbocycles. The van der Waals surface area contributed by atoms with E-state index in [9.17, 15) is 9.59 Å². The minimum atomic E-state index is -0.645. The highest BCUT2D eigenvalue weighted by Crippen LogP contribution is 2.05. The van der Waals surface area contributed by atoms with Gasteiger partial charge in [-0.25, -0.2) is 0 Å². The van der Waals surface area contributed by atoms with Gasteiger partial charge < -0.3 is 16.4 Å². The molecule has 20 heavy (non-hydrogen) atoms. The molecule has 0 fully saturated rings. The molecule has 0 aliphatic carbocycles. The maximum atomic E-state index is 12.3. The Labute approximate surface area is 119 Å². The van der Waals surface area contributed by atoms with Crippen molar-refractivity contribution in [3.05, 3.63) is 35.9 Å². The van der Waals surface area contributed by atoms with Crippen molar-refractivity contribution >= 4 is 11.8 Å². The second kappa shape index (κ2) is 8.32. The zero-order valence-electron chi connectivity index (χ0n) is 11.9. The number of nitrogens with zero attached hydrogens (tertiary/aromatic N) is 1. The summed E-state index contributed by atoms with van der Waals surface area (Å²) in [6, 6.07) is 8.94. The number of benzene rings is 1. The highest BCUT2D eigenvalue weighted by Gasteiger charge is 2.22. The standard InChI is InChI=1S/C15H23N3O2/c1-2-3-9-18(11-14(17)19)15(20)13(16)10-12-7-5-4-6-8-12/h4-8,13H,2-3,9-11,16H2,1H3,(H2,17,19)/t13-/m0/s1. The first-order valence-electron chi connectivity index (χ1n) is 6.91. The van der Waals surface area contributed by atoms with E-state index >= 15 is 0 Å². The van der Waals surface area contributed by atoms with E-state index in [0.717, 1.165) is 18.4 Å². The molecule has 1 aromatic rings. The van der Waals surface area contributed by atoms with Crippen LogP contribution in [0, 0.1) is 0 Å². The zero-order valence-corrected chi connectivity index (χ0v) is 11.9. The molecule has 0 unspecified atom stereocenters. The van der Waals surface area contributed by atoms with Crippen molar-refractivity contribution in [2.45, 2.75) is 32.2 Å². The molecule has 1 atom stereocenters. The van der Waals surface area contributed by atoms with Gasteiger partial charge in [0.25, 0.3) is 0 Å². The Balaban J connectivity index is 2.64. The zero-order chi connectivity index (χ0) is 15.0. The molecule has 0 spiro atoms. The van der Waals surface area contributed by atoms with Crippen molar-refractivity contribution in [3.63, 3.8) is 0 Å². The molecular weight excluding hydrogens is 254 g/mol. The second-order valence-corrected chi connectivity index (χ2v) is 4.88. The molecule has 0 saturated carbocycles. The summed E-state index contributed by atoms with van der Waals surface area (Å²) in [4.78, 5) is 24.8. The highest BCUT2D eigenvalue weighted by atomic mass is 16.2. The van der Waals surface area contributed by atoms with Crippen LogP contribution in [-0.4, -0.2) is 35.8 Å². The Bertz CT molecular complexity index is 434. The Kier molecular flexibility index (Phi) is 6.73. The maximum absolute atomic E-state index is 12.3. The largest absolute Gasteiger partial charge is 0.368 e. The first-order chi connectivity index (χ1) is 9.54. The average Bonchev–Trinajstić information content (AvgIpc) is 2.43. The van der Waals surface area contributed by atoms with Crippen LogP contribution in [-0.2, 0) is 16.0 Å². The van der Waals surface area contributed by atoms with Gasteiger partial charge in [-0.15, -0.1) is 0 Å². The number of rotatable bonds is 8. The molecule has 1 rings (SSSR count). The fourth-order valence-electron chi connectivity index (χ4n) is 1.99. The Hall–Kier alpha value is -1.88. The molecule has 0 heterocycles. The molecule has 2 amide bonds. The van der Waals surface area contributed by atoms with Crippen LogP contribution in [0.15, 0.2) is 30.3 Å². The predicted octanol–water partition coefficient (Wildman–Crippen LogP) is 0.670. The lowest BCUT2D eigenvalue weighted by Crippen LogP contribution is -2.48. The molecule has 110 valence electrons. The molecule has 0 radical (unpaired) electrons. The first-order valence-corrected chi connectivity index (χ1v) is 6.91. The monoisotopic (exact) mass is 277 g/mol. The minimum Gasteiger partial charge on any atom is -0.368 e. The summed E-state index contributed by atoms with van der Waals surface area (Å²) in [5.41, 5.74) is 12.1. The van der Waals surface area contributed by atoms with Crippen LogP contribution in [0.2, 0.25) is 0 Å². The van der Waals surface area contributed by atoms with Crippen molar-refractivity contribution in [2.24, 2.45) is 11.5 Å². The van der Waals surface area contributed by atoms with Crippen molar-refractivity contribution in [3.8, 4) is 0 Å². The van der Waals surface area contributed by atoms with Crippen molar-refractivity contribution in [2.75, 3.05) is 13.1 Å². The van der Waals surface area contributed by atoms with Gasteiger partial charge in [-0.1, -0.05) is 43.7 Å². The molecule has 0 saturated heterocycles. The molecular formula is C15H23N3O2. The number of carbonyl (C=O) groups excluding carboxylic acids is 2. The molecule has 4 N–H and O–H groups in total. The van der Waals surface area contributed by atoms with Gasteiger partial charge in [-0.3, -0.25) is 9.59 Å². The highest BCUT2D eigenvalue weighted by molar-refractivity contribution is 5.87. The predicted molar refractivity (Wildman–Crippen MR) is 78.8 cm³/mol. The van der Waals surface area contributed by atoms with Crippen LogP contribution in [0.1, 0.15) is 25.3 Å². The van der Waals surface area contributed by atoms with Crippen molar-refractivity contribution in [1.29, 1.82) is 0 Å². The smallest absolute Gasteiger partial charge is 0.240 e. The average molecular weight is 277 g/mol. The van der Waals surface area contributed by atoms with Gasteiger partial charge in [0.05, 0.1) is 12.6 Å². The lowest BCUT2D eigenvalue weighted by molar-refractivity contribution is -0.136. The molecule has 0 aliphatic heterocycles. The molecule has 0 aliphatic rings. The summed E-state index contributed by atoms with van der Waals surface area (Å²) in [6.45, 7) is 2.47. The van der Waals surface area contributed by atoms with E-state index in [-0.39, 0.29) is 12.5 Å². The van der Waals surface area contributed by atoms with E-state index in [2.05, 4.69) is 0 Å². The van der Waals surface area contributed by atoms with Gasteiger partial charge in [0.2, 0.25) is 11.8 Å². The van der Waals surface area contributed by atoms with E-state index in [1.54, 1.807) is 0 Å². The van der Waals surface area contributed by atoms with E-state index < -0.39 is 11.9 Å². The number of amides is 2. The van der Waals surface area contributed by atoms with Crippen LogP contribution < -0.4 is 11.5 Å². The van der Waals surface area contributed by atoms with Crippen LogP contribution in [0.25, 0.3) is 0 Å². The third-order valence-electron chi connectivity index (χ3n) is 3.06. The van der Waals surface area contributed by atoms with Gasteiger partial charge in [-0.05, 0) is 18.4 Å². The van der Waals surface area contributed by atoms with Gasteiger partial charge in [-0.2, -0.15) is 0 Å². The Morgan fingerprint density at radius 2 is 1.90 bits per heavy atom. The number of primary amides is 1. The molecule has 0 bridgehead atoms. The minimum absolute atomic E-state index is 0.0681. The Morgan fingerprint density at radius 3 is 2.45 bits per heavy atom. The topological polar surface area (TPSA) is 89.4 Å². The van der Waals surface area contributed by atoms with Crippen LogP contribution >= 0.6 is 0 Å². The summed E-state index contributed by atoms with van der Waals surface area (Å²) >= 11 is 0. The lowest BCUT2D eigenvalue weighted by Gasteiger charge is -2.24. The summed E-state index contributed by atoms with van der Waals surface area (Å²) in [5.74, 6) is -0.734. The number of hydrogen-bond donors (Lipinski definition) is 2. The first kappa shape index (κ1) is 16.2. The van der Waals surface area contributed by atoms with E-state index in [1.165, 1.54) is 4.90 Å². The quantitative estimate of drug-likeness (QED) is 0.732. The van der Waals surface area contributed by atoms with E-state index in [1.807, 2.05) is 37.3 Å². The van der Waals surface area contributed by atoms with Gasteiger partial charge in [0, 0.05) is 6.54 Å². The fourth-order valence-corrected chi connectivity index (χ4v) is 1.99. The summed E-state index contributed by atoms with van der Waals surface area (Å²) < 4.78 is 0. The number of carbonyl (C=O) groups is 2. The molecule has 5 nitrogen and oxygen atoms in total. The van der Waals surface area contributed by atoms with Gasteiger partial charge in [0.1, 0.15) is 0 Å². The lowest BCUT2D eigenvalue weighted by atomic mass is 10.1. The summed E-state index contributed by atoms with van der Waals surface area (Å²) in [7, 11) is 0. The van der Waals surface area contributed by atoms with E-state index in [4.69, 9.17) is 11.5 Å². The fraction of sp³-hybridized carbons (Fsp3) is 0.467. The van der Waals surface area contributed by atoms with Crippen molar-refractivity contribution in [1.82, 2.24) is 4.90 Å². The molecule has 5 heteroatoms. The summed E-state index contributed by atoms with van der Waals surface area (Å²) in [6.07, 6.45) is 2.23. The third-order valence-corrected chi connectivity index (χ3v) is 3.06. The van der Waals surface area contributed by atoms with Crippen LogP contribution in [0.5, 0.6) is 0 Å². The number of nitrogens with two attached hydrogens (primary N) is 2. The van der Waals surface area contributed by atoms with Crippen molar-refractivity contribution < 1.29 is 9.59 Å². The summed E-state index contributed by atoms with van der Waals surface area (Å²) in [5, 5.41) is 0. The van der Waals surface area contributed by atoms with Crippen LogP contribution in [0.3, 0.4) is 0 Å². The van der Waals surface area contributed by atoms with E-state index in [0.29, 0.717) is 13.0 Å². The van der Waals surface area contributed by atoms with Crippen LogP contribution in [0.4, 0.5) is 0 Å². The number of unbranched alkanes of at least 4 members (excludes halogenated alkanes) is 1. The normalized spacial score (nSPS) is 11.9. The van der Waals surface area contributed by atoms with Gasteiger partial charge >= 0.3 is 0 Å². The second-order valence-electron chi connectivity index (χ2n) is 4.88.